The third-order valence-corrected chi connectivity index (χ3v) is 3.55. The number of aromatic nitrogens is 1. The number of benzene rings is 1. The van der Waals surface area contributed by atoms with Crippen molar-refractivity contribution >= 4 is 21.8 Å². The van der Waals surface area contributed by atoms with Gasteiger partial charge < -0.3 is 15.7 Å². The minimum Gasteiger partial charge on any atom is -0.490 e. The van der Waals surface area contributed by atoms with Crippen molar-refractivity contribution in [3.63, 3.8) is 0 Å². The third-order valence-electron chi connectivity index (χ3n) is 2.77. The zero-order valence-corrected chi connectivity index (χ0v) is 12.5. The number of rotatable bonds is 5. The van der Waals surface area contributed by atoms with Crippen LogP contribution in [0.15, 0.2) is 46.2 Å². The van der Waals surface area contributed by atoms with E-state index < -0.39 is 5.82 Å². The molecule has 5 nitrogen and oxygen atoms in total. The van der Waals surface area contributed by atoms with Crippen LogP contribution in [0.2, 0.25) is 0 Å². The molecular formula is C14H13BrFN3O2. The van der Waals surface area contributed by atoms with Gasteiger partial charge >= 0.3 is 0 Å². The van der Waals surface area contributed by atoms with Crippen LogP contribution in [-0.4, -0.2) is 22.6 Å². The van der Waals surface area contributed by atoms with E-state index >= 15 is 0 Å². The van der Waals surface area contributed by atoms with Crippen molar-refractivity contribution < 1.29 is 14.3 Å². The Kier molecular flexibility index (Phi) is 5.10. The fraction of sp³-hybridized carbons (Fsp3) is 0.143. The Morgan fingerprint density at radius 2 is 2.19 bits per heavy atom. The van der Waals surface area contributed by atoms with Crippen LogP contribution in [0.25, 0.3) is 0 Å². The van der Waals surface area contributed by atoms with Gasteiger partial charge in [-0.05, 0) is 40.2 Å². The maximum absolute atomic E-state index is 14.1. The van der Waals surface area contributed by atoms with Crippen LogP contribution in [0.3, 0.4) is 0 Å². The van der Waals surface area contributed by atoms with Crippen molar-refractivity contribution in [3.05, 3.63) is 58.1 Å². The summed E-state index contributed by atoms with van der Waals surface area (Å²) >= 11 is 3.07. The number of nitrogens with two attached hydrogens (primary N) is 1. The summed E-state index contributed by atoms with van der Waals surface area (Å²) in [6.07, 6.45) is 2.26. The van der Waals surface area contributed by atoms with E-state index in [9.17, 15) is 4.39 Å². The van der Waals surface area contributed by atoms with Gasteiger partial charge in [0.2, 0.25) is 0 Å². The van der Waals surface area contributed by atoms with Gasteiger partial charge in [0.15, 0.2) is 17.4 Å². The standard InChI is InChI=1S/C14H13BrFN3O2/c15-12-10(14(17)19-20)4-5-11(13(12)16)21-8-6-9-3-1-2-7-18-9/h1-5,7,20H,6,8H2,(H2,17,19). The molecule has 1 heterocycles. The number of hydrogen-bond donors (Lipinski definition) is 2. The van der Waals surface area contributed by atoms with Crippen LogP contribution in [0.5, 0.6) is 5.75 Å². The molecule has 0 bridgehead atoms. The van der Waals surface area contributed by atoms with Gasteiger partial charge in [0, 0.05) is 23.9 Å². The first-order valence-electron chi connectivity index (χ1n) is 6.12. The summed E-state index contributed by atoms with van der Waals surface area (Å²) in [6, 6.07) is 8.53. The van der Waals surface area contributed by atoms with Crippen LogP contribution >= 0.6 is 15.9 Å². The molecular weight excluding hydrogens is 341 g/mol. The number of halogens is 2. The summed E-state index contributed by atoms with van der Waals surface area (Å²) in [5.74, 6) is -0.687. The van der Waals surface area contributed by atoms with Gasteiger partial charge in [0.25, 0.3) is 0 Å². The lowest BCUT2D eigenvalue weighted by atomic mass is 10.2. The fourth-order valence-electron chi connectivity index (χ4n) is 1.71. The minimum absolute atomic E-state index is 0.0901. The topological polar surface area (TPSA) is 80.7 Å². The number of nitrogens with zero attached hydrogens (tertiary/aromatic N) is 2. The molecule has 0 aliphatic carbocycles. The van der Waals surface area contributed by atoms with Gasteiger partial charge in [0.1, 0.15) is 0 Å². The molecule has 2 rings (SSSR count). The van der Waals surface area contributed by atoms with E-state index in [4.69, 9.17) is 15.7 Å². The van der Waals surface area contributed by atoms with E-state index in [1.54, 1.807) is 6.20 Å². The maximum atomic E-state index is 14.1. The quantitative estimate of drug-likeness (QED) is 0.374. The Bertz CT molecular complexity index is 650. The summed E-state index contributed by atoms with van der Waals surface area (Å²) in [4.78, 5) is 4.16. The zero-order valence-electron chi connectivity index (χ0n) is 11.0. The molecule has 3 N–H and O–H groups in total. The summed E-state index contributed by atoms with van der Waals surface area (Å²) in [5, 5.41) is 11.5. The molecule has 0 amide bonds. The fourth-order valence-corrected chi connectivity index (χ4v) is 2.24. The predicted molar refractivity (Wildman–Crippen MR) is 80.0 cm³/mol. The van der Waals surface area contributed by atoms with Crippen LogP contribution in [-0.2, 0) is 6.42 Å². The molecule has 0 spiro atoms. The van der Waals surface area contributed by atoms with Crippen LogP contribution < -0.4 is 10.5 Å². The Morgan fingerprint density at radius 3 is 2.86 bits per heavy atom. The van der Waals surface area contributed by atoms with E-state index in [0.717, 1.165) is 5.69 Å². The first-order valence-corrected chi connectivity index (χ1v) is 6.91. The first kappa shape index (κ1) is 15.2. The number of oxime groups is 1. The summed E-state index contributed by atoms with van der Waals surface area (Å²) in [7, 11) is 0. The Hall–Kier alpha value is -2.15. The largest absolute Gasteiger partial charge is 0.490 e. The van der Waals surface area contributed by atoms with Gasteiger partial charge in [-0.2, -0.15) is 0 Å². The second-order valence-corrected chi connectivity index (χ2v) is 4.94. The molecule has 2 aromatic rings. The Labute approximate surface area is 129 Å². The number of pyridine rings is 1. The molecule has 21 heavy (non-hydrogen) atoms. The maximum Gasteiger partial charge on any atom is 0.179 e. The lowest BCUT2D eigenvalue weighted by Crippen LogP contribution is -2.15. The first-order chi connectivity index (χ1) is 10.1. The lowest BCUT2D eigenvalue weighted by Gasteiger charge is -2.10. The second kappa shape index (κ2) is 7.03. The van der Waals surface area contributed by atoms with E-state index in [1.165, 1.54) is 12.1 Å². The molecule has 1 aromatic carbocycles. The SMILES string of the molecule is N/C(=N/O)c1ccc(OCCc2ccccn2)c(F)c1Br. The Morgan fingerprint density at radius 1 is 1.38 bits per heavy atom. The molecule has 0 fully saturated rings. The van der Waals surface area contributed by atoms with Gasteiger partial charge in [-0.1, -0.05) is 11.2 Å². The second-order valence-electron chi connectivity index (χ2n) is 4.14. The molecule has 0 saturated carbocycles. The van der Waals surface area contributed by atoms with Crippen molar-refractivity contribution in [2.45, 2.75) is 6.42 Å². The molecule has 1 aromatic heterocycles. The van der Waals surface area contributed by atoms with Crippen molar-refractivity contribution in [2.24, 2.45) is 10.9 Å². The van der Waals surface area contributed by atoms with Gasteiger partial charge in [-0.3, -0.25) is 4.98 Å². The highest BCUT2D eigenvalue weighted by Crippen LogP contribution is 2.28. The van der Waals surface area contributed by atoms with Gasteiger partial charge in [-0.25, -0.2) is 4.39 Å². The average molecular weight is 354 g/mol. The van der Waals surface area contributed by atoms with Crippen LogP contribution in [0, 0.1) is 5.82 Å². The average Bonchev–Trinajstić information content (AvgIpc) is 2.52. The molecule has 0 atom stereocenters. The highest BCUT2D eigenvalue weighted by molar-refractivity contribution is 9.10. The van der Waals surface area contributed by atoms with Crippen LogP contribution in [0.1, 0.15) is 11.3 Å². The summed E-state index contributed by atoms with van der Waals surface area (Å²) < 4.78 is 19.6. The smallest absolute Gasteiger partial charge is 0.179 e. The number of hydrogen-bond acceptors (Lipinski definition) is 4. The molecule has 110 valence electrons. The normalized spacial score (nSPS) is 11.4. The highest BCUT2D eigenvalue weighted by atomic mass is 79.9. The molecule has 0 radical (unpaired) electrons. The third kappa shape index (κ3) is 3.69. The lowest BCUT2D eigenvalue weighted by molar-refractivity contribution is 0.303. The zero-order chi connectivity index (χ0) is 15.2. The van der Waals surface area contributed by atoms with Crippen LogP contribution in [0.4, 0.5) is 4.39 Å². The highest BCUT2D eigenvalue weighted by Gasteiger charge is 2.15. The number of ether oxygens (including phenoxy) is 1. The van der Waals surface area contributed by atoms with Crippen molar-refractivity contribution in [1.29, 1.82) is 0 Å². The van der Waals surface area contributed by atoms with Crippen molar-refractivity contribution in [1.82, 2.24) is 4.98 Å². The minimum atomic E-state index is -0.597. The molecule has 0 saturated heterocycles. The van der Waals surface area contributed by atoms with Gasteiger partial charge in [-0.15, -0.1) is 0 Å². The van der Waals surface area contributed by atoms with Crippen molar-refractivity contribution in [2.75, 3.05) is 6.61 Å². The van der Waals surface area contributed by atoms with Crippen molar-refractivity contribution in [3.8, 4) is 5.75 Å². The monoisotopic (exact) mass is 353 g/mol. The molecule has 7 heteroatoms. The number of amidine groups is 1. The predicted octanol–water partition coefficient (Wildman–Crippen LogP) is 2.70. The Balaban J connectivity index is 2.06. The summed E-state index contributed by atoms with van der Waals surface area (Å²) in [6.45, 7) is 0.295. The van der Waals surface area contributed by atoms with E-state index in [2.05, 4.69) is 26.1 Å². The molecule has 0 aliphatic rings. The van der Waals surface area contributed by atoms with E-state index in [0.29, 0.717) is 13.0 Å². The molecule has 0 aliphatic heterocycles. The van der Waals surface area contributed by atoms with E-state index in [-0.39, 0.29) is 21.6 Å². The van der Waals surface area contributed by atoms with Gasteiger partial charge in [0.05, 0.1) is 11.1 Å². The van der Waals surface area contributed by atoms with E-state index in [1.807, 2.05) is 18.2 Å². The molecule has 0 unspecified atom stereocenters. The summed E-state index contributed by atoms with van der Waals surface area (Å²) in [5.41, 5.74) is 6.57.